The number of ether oxygens (including phenoxy) is 1. The van der Waals surface area contributed by atoms with Crippen molar-refractivity contribution in [2.75, 3.05) is 19.0 Å². The monoisotopic (exact) mass is 481 g/mol. The number of anilines is 1. The molecule has 2 aromatic carbocycles. The third-order valence-corrected chi connectivity index (χ3v) is 6.29. The third kappa shape index (κ3) is 6.63. The summed E-state index contributed by atoms with van der Waals surface area (Å²) in [5.74, 6) is 0.234. The molecule has 0 amide bonds. The fourth-order valence-corrected chi connectivity index (χ4v) is 4.39. The van der Waals surface area contributed by atoms with Crippen LogP contribution in [-0.2, 0) is 11.3 Å². The van der Waals surface area contributed by atoms with E-state index in [-0.39, 0.29) is 11.8 Å². The van der Waals surface area contributed by atoms with Crippen LogP contribution in [0.25, 0.3) is 11.3 Å². The molecular weight excluding hydrogens is 451 g/mol. The van der Waals surface area contributed by atoms with E-state index in [0.717, 1.165) is 28.9 Å². The zero-order chi connectivity index (χ0) is 24.7. The number of allylic oxidation sites excluding steroid dienone is 4. The summed E-state index contributed by atoms with van der Waals surface area (Å²) in [6.07, 6.45) is 3.49. The molecule has 184 valence electrons. The first kappa shape index (κ1) is 24.8. The lowest BCUT2D eigenvalue weighted by atomic mass is 9.81. The molecule has 1 aromatic heterocycles. The molecule has 35 heavy (non-hydrogen) atoms. The first-order valence-electron chi connectivity index (χ1n) is 11.8. The zero-order valence-electron chi connectivity index (χ0n) is 19.7. The number of nitrogens with zero attached hydrogens (tertiary/aromatic N) is 1. The Morgan fingerprint density at radius 3 is 2.60 bits per heavy atom. The van der Waals surface area contributed by atoms with Crippen LogP contribution in [0.3, 0.4) is 0 Å². The van der Waals surface area contributed by atoms with E-state index in [1.807, 2.05) is 61.6 Å². The molecule has 2 unspecified atom stereocenters. The number of imidazole rings is 1. The highest BCUT2D eigenvalue weighted by molar-refractivity contribution is 5.62. The molecule has 1 heterocycles. The van der Waals surface area contributed by atoms with Crippen molar-refractivity contribution in [2.24, 2.45) is 5.92 Å². The van der Waals surface area contributed by atoms with Crippen molar-refractivity contribution in [1.29, 1.82) is 0 Å². The Kier molecular flexibility index (Phi) is 8.08. The van der Waals surface area contributed by atoms with E-state index in [2.05, 4.69) is 15.3 Å². The summed E-state index contributed by atoms with van der Waals surface area (Å²) in [4.78, 5) is 7.98. The maximum atomic E-state index is 13.4. The first-order chi connectivity index (χ1) is 16.9. The Hall–Kier alpha value is -3.32. The lowest BCUT2D eigenvalue weighted by Crippen LogP contribution is -2.19. The van der Waals surface area contributed by atoms with E-state index >= 15 is 0 Å². The summed E-state index contributed by atoms with van der Waals surface area (Å²) in [7, 11) is 1.86. The number of aromatic nitrogens is 2. The van der Waals surface area contributed by atoms with Crippen molar-refractivity contribution in [3.8, 4) is 11.3 Å². The van der Waals surface area contributed by atoms with Gasteiger partial charge in [0, 0.05) is 25.3 Å². The van der Waals surface area contributed by atoms with Crippen LogP contribution in [0.5, 0.6) is 0 Å². The molecule has 0 saturated carbocycles. The second-order valence-electron chi connectivity index (χ2n) is 8.72. The Labute approximate surface area is 203 Å². The summed E-state index contributed by atoms with van der Waals surface area (Å²) in [5, 5.41) is 3.09. The van der Waals surface area contributed by atoms with E-state index in [0.29, 0.717) is 31.9 Å². The van der Waals surface area contributed by atoms with Gasteiger partial charge in [-0.25, -0.2) is 4.98 Å². The second kappa shape index (κ2) is 11.4. The van der Waals surface area contributed by atoms with Crippen molar-refractivity contribution in [3.05, 3.63) is 96.0 Å². The summed E-state index contributed by atoms with van der Waals surface area (Å²) < 4.78 is 46.1. The molecule has 0 aliphatic heterocycles. The summed E-state index contributed by atoms with van der Waals surface area (Å²) in [6, 6.07) is 17.8. The minimum atomic E-state index is -4.36. The molecule has 0 spiro atoms. The Morgan fingerprint density at radius 2 is 1.89 bits per heavy atom. The van der Waals surface area contributed by atoms with Gasteiger partial charge >= 0.3 is 6.18 Å². The highest BCUT2D eigenvalue weighted by Crippen LogP contribution is 2.39. The number of H-pyrrole nitrogens is 1. The molecule has 0 fully saturated rings. The van der Waals surface area contributed by atoms with Gasteiger partial charge in [-0.1, -0.05) is 60.7 Å². The van der Waals surface area contributed by atoms with E-state index in [4.69, 9.17) is 4.74 Å². The molecule has 1 aliphatic carbocycles. The molecule has 0 saturated heterocycles. The zero-order valence-corrected chi connectivity index (χ0v) is 19.7. The Bertz CT molecular complexity index is 1130. The van der Waals surface area contributed by atoms with Crippen LogP contribution in [0.15, 0.2) is 84.6 Å². The molecule has 7 heteroatoms. The normalized spacial score (nSPS) is 16.7. The average molecular weight is 482 g/mol. The molecule has 2 N–H and O–H groups in total. The summed E-state index contributed by atoms with van der Waals surface area (Å²) >= 11 is 0. The van der Waals surface area contributed by atoms with Crippen LogP contribution in [0.2, 0.25) is 0 Å². The smallest absolute Gasteiger partial charge is 0.388 e. The van der Waals surface area contributed by atoms with Crippen LogP contribution in [-0.4, -0.2) is 29.8 Å². The van der Waals surface area contributed by atoms with E-state index in [1.54, 1.807) is 12.3 Å². The lowest BCUT2D eigenvalue weighted by Gasteiger charge is -2.26. The van der Waals surface area contributed by atoms with Gasteiger partial charge in [0.25, 0.3) is 0 Å². The van der Waals surface area contributed by atoms with Gasteiger partial charge in [-0.2, -0.15) is 13.2 Å². The van der Waals surface area contributed by atoms with Gasteiger partial charge in [0.15, 0.2) is 0 Å². The van der Waals surface area contributed by atoms with Gasteiger partial charge in [-0.3, -0.25) is 0 Å². The second-order valence-corrected chi connectivity index (χ2v) is 8.72. The van der Waals surface area contributed by atoms with Gasteiger partial charge in [-0.15, -0.1) is 0 Å². The number of benzene rings is 2. The molecule has 3 aromatic rings. The summed E-state index contributed by atoms with van der Waals surface area (Å²) in [6.45, 7) is 1.05. The van der Waals surface area contributed by atoms with Crippen LogP contribution < -0.4 is 5.32 Å². The van der Waals surface area contributed by atoms with Crippen LogP contribution >= 0.6 is 0 Å². The minimum absolute atomic E-state index is 0.178. The van der Waals surface area contributed by atoms with Crippen LogP contribution in [0.1, 0.15) is 36.6 Å². The van der Waals surface area contributed by atoms with E-state index < -0.39 is 11.7 Å². The highest BCUT2D eigenvalue weighted by Gasteiger charge is 2.35. The number of rotatable bonds is 10. The Morgan fingerprint density at radius 1 is 1.11 bits per heavy atom. The number of nitrogens with one attached hydrogen (secondary N) is 2. The SMILES string of the molecule is CNc1ccc(-c2cnc(C(CCCOCc3ccccc3)C3C=C(C(F)(F)F)C=CC3)[nH]2)cc1. The first-order valence-corrected chi connectivity index (χ1v) is 11.8. The third-order valence-electron chi connectivity index (χ3n) is 6.29. The molecule has 4 nitrogen and oxygen atoms in total. The standard InChI is InChI=1S/C28H30F3N3O/c1-32-24-14-12-21(13-15-24)26-18-33-27(34-26)25(22-9-5-10-23(17-22)28(29,30)31)11-6-16-35-19-20-7-3-2-4-8-20/h2-5,7-8,10,12-15,17-18,22,25,32H,6,9,11,16,19H2,1H3,(H,33,34). The molecular formula is C28H30F3N3O. The maximum absolute atomic E-state index is 13.4. The van der Waals surface area contributed by atoms with Crippen LogP contribution in [0.4, 0.5) is 18.9 Å². The summed E-state index contributed by atoms with van der Waals surface area (Å²) in [5.41, 5.74) is 3.33. The van der Waals surface area contributed by atoms with Crippen molar-refractivity contribution >= 4 is 5.69 Å². The van der Waals surface area contributed by atoms with Gasteiger partial charge in [-0.05, 0) is 48.4 Å². The lowest BCUT2D eigenvalue weighted by molar-refractivity contribution is -0.0890. The largest absolute Gasteiger partial charge is 0.416 e. The Balaban J connectivity index is 1.48. The quantitative estimate of drug-likeness (QED) is 0.300. The molecule has 4 rings (SSSR count). The fraction of sp³-hybridized carbons (Fsp3) is 0.321. The van der Waals surface area contributed by atoms with E-state index in [1.165, 1.54) is 12.2 Å². The molecule has 2 atom stereocenters. The van der Waals surface area contributed by atoms with Gasteiger partial charge in [0.2, 0.25) is 0 Å². The average Bonchev–Trinajstić information content (AvgIpc) is 3.36. The number of alkyl halides is 3. The highest BCUT2D eigenvalue weighted by atomic mass is 19.4. The number of hydrogen-bond donors (Lipinski definition) is 2. The van der Waals surface area contributed by atoms with E-state index in [9.17, 15) is 13.2 Å². The topological polar surface area (TPSA) is 49.9 Å². The number of hydrogen-bond acceptors (Lipinski definition) is 3. The van der Waals surface area contributed by atoms with Crippen molar-refractivity contribution in [3.63, 3.8) is 0 Å². The van der Waals surface area contributed by atoms with Crippen molar-refractivity contribution < 1.29 is 17.9 Å². The maximum Gasteiger partial charge on any atom is 0.416 e. The molecule has 0 bridgehead atoms. The fourth-order valence-electron chi connectivity index (χ4n) is 4.39. The molecule has 0 radical (unpaired) electrons. The van der Waals surface area contributed by atoms with Gasteiger partial charge in [0.05, 0.1) is 24.1 Å². The number of halogens is 3. The van der Waals surface area contributed by atoms with Crippen LogP contribution in [0, 0.1) is 5.92 Å². The predicted octanol–water partition coefficient (Wildman–Crippen LogP) is 7.26. The van der Waals surface area contributed by atoms with Gasteiger partial charge < -0.3 is 15.0 Å². The van der Waals surface area contributed by atoms with Gasteiger partial charge in [0.1, 0.15) is 5.82 Å². The molecule has 1 aliphatic rings. The predicted molar refractivity (Wildman–Crippen MR) is 133 cm³/mol. The van der Waals surface area contributed by atoms with Crippen molar-refractivity contribution in [1.82, 2.24) is 9.97 Å². The minimum Gasteiger partial charge on any atom is -0.388 e. The van der Waals surface area contributed by atoms with Crippen molar-refractivity contribution in [2.45, 2.75) is 38.0 Å². The number of aromatic amines is 1.